The van der Waals surface area contributed by atoms with Gasteiger partial charge in [-0.2, -0.15) is 0 Å². The van der Waals surface area contributed by atoms with Crippen molar-refractivity contribution in [3.63, 3.8) is 0 Å². The number of halogens is 2. The van der Waals surface area contributed by atoms with Crippen molar-refractivity contribution in [3.05, 3.63) is 76.0 Å². The van der Waals surface area contributed by atoms with E-state index in [9.17, 15) is 4.79 Å². The molecule has 1 aromatic heterocycles. The van der Waals surface area contributed by atoms with Crippen LogP contribution in [0.15, 0.2) is 54.9 Å². The van der Waals surface area contributed by atoms with Gasteiger partial charge < -0.3 is 14.8 Å². The minimum atomic E-state index is -0.196. The Morgan fingerprint density at radius 3 is 2.40 bits per heavy atom. The van der Waals surface area contributed by atoms with Crippen molar-refractivity contribution < 1.29 is 14.3 Å². The van der Waals surface area contributed by atoms with Crippen LogP contribution in [0.3, 0.4) is 0 Å². The lowest BCUT2D eigenvalue weighted by Gasteiger charge is -2.15. The Morgan fingerprint density at radius 2 is 1.80 bits per heavy atom. The minimum Gasteiger partial charge on any atom is -0.497 e. The summed E-state index contributed by atoms with van der Waals surface area (Å²) in [5, 5.41) is 3.36. The second kappa shape index (κ2) is 9.83. The zero-order valence-corrected chi connectivity index (χ0v) is 18.4. The first-order valence-corrected chi connectivity index (χ1v) is 10.2. The summed E-state index contributed by atoms with van der Waals surface area (Å²) in [6, 6.07) is 12.5. The molecule has 0 bridgehead atoms. The van der Waals surface area contributed by atoms with Crippen LogP contribution in [0.1, 0.15) is 30.9 Å². The summed E-state index contributed by atoms with van der Waals surface area (Å²) in [5.74, 6) is 1.66. The van der Waals surface area contributed by atoms with Crippen LogP contribution in [-0.4, -0.2) is 18.0 Å². The number of benzene rings is 2. The molecule has 1 heterocycles. The molecule has 30 heavy (non-hydrogen) atoms. The number of rotatable bonds is 7. The number of ether oxygens (including phenoxy) is 2. The lowest BCUT2D eigenvalue weighted by atomic mass is 10.0. The van der Waals surface area contributed by atoms with Gasteiger partial charge >= 0.3 is 0 Å². The smallest absolute Gasteiger partial charge is 0.228 e. The highest BCUT2D eigenvalue weighted by Gasteiger charge is 2.14. The maximum atomic E-state index is 12.3. The molecule has 3 rings (SSSR count). The van der Waals surface area contributed by atoms with Crippen LogP contribution >= 0.6 is 23.2 Å². The first kappa shape index (κ1) is 21.9. The molecule has 0 radical (unpaired) electrons. The molecule has 0 saturated carbocycles. The number of nitrogens with zero attached hydrogens (tertiary/aromatic N) is 1. The van der Waals surface area contributed by atoms with Gasteiger partial charge in [-0.3, -0.25) is 9.78 Å². The monoisotopic (exact) mass is 444 g/mol. The highest BCUT2D eigenvalue weighted by atomic mass is 35.5. The molecule has 3 aromatic rings. The minimum absolute atomic E-state index is 0.196. The van der Waals surface area contributed by atoms with Gasteiger partial charge in [0.1, 0.15) is 11.5 Å². The van der Waals surface area contributed by atoms with Crippen LogP contribution in [0, 0.1) is 0 Å². The Kier molecular flexibility index (Phi) is 7.19. The van der Waals surface area contributed by atoms with Crippen molar-refractivity contribution in [2.45, 2.75) is 26.2 Å². The van der Waals surface area contributed by atoms with Crippen molar-refractivity contribution in [3.8, 4) is 17.2 Å². The van der Waals surface area contributed by atoms with Crippen molar-refractivity contribution in [1.29, 1.82) is 0 Å². The average Bonchev–Trinajstić information content (AvgIpc) is 2.71. The van der Waals surface area contributed by atoms with E-state index >= 15 is 0 Å². The third-order valence-corrected chi connectivity index (χ3v) is 4.96. The standard InChI is InChI=1S/C23H22Cl2N2O3/c1-14(2)16-8-18(29-3)12-19(9-16)30-23-20(24)10-17(11-21(23)25)27-22(28)7-15-5-4-6-26-13-15/h4-6,8-14H,7H2,1-3H3,(H,27,28). The summed E-state index contributed by atoms with van der Waals surface area (Å²) < 4.78 is 11.3. The number of pyridine rings is 1. The molecule has 5 nitrogen and oxygen atoms in total. The van der Waals surface area contributed by atoms with Gasteiger partial charge in [-0.1, -0.05) is 43.1 Å². The van der Waals surface area contributed by atoms with Crippen LogP contribution in [0.25, 0.3) is 0 Å². The second-order valence-corrected chi connectivity index (χ2v) is 7.87. The van der Waals surface area contributed by atoms with E-state index in [1.54, 1.807) is 43.8 Å². The van der Waals surface area contributed by atoms with E-state index in [-0.39, 0.29) is 22.4 Å². The Bertz CT molecular complexity index is 1020. The molecule has 7 heteroatoms. The summed E-state index contributed by atoms with van der Waals surface area (Å²) in [4.78, 5) is 16.3. The van der Waals surface area contributed by atoms with Crippen molar-refractivity contribution in [2.75, 3.05) is 12.4 Å². The third kappa shape index (κ3) is 5.65. The van der Waals surface area contributed by atoms with Crippen molar-refractivity contribution >= 4 is 34.8 Å². The van der Waals surface area contributed by atoms with Gasteiger partial charge in [0.05, 0.1) is 23.6 Å². The number of carbonyl (C=O) groups is 1. The van der Waals surface area contributed by atoms with E-state index in [2.05, 4.69) is 24.1 Å². The Labute approximate surface area is 185 Å². The summed E-state index contributed by atoms with van der Waals surface area (Å²) in [7, 11) is 1.60. The number of carbonyl (C=O) groups excluding carboxylic acids is 1. The fourth-order valence-electron chi connectivity index (χ4n) is 2.84. The maximum absolute atomic E-state index is 12.3. The van der Waals surface area contributed by atoms with E-state index < -0.39 is 0 Å². The van der Waals surface area contributed by atoms with E-state index in [0.29, 0.717) is 28.9 Å². The lowest BCUT2D eigenvalue weighted by molar-refractivity contribution is -0.115. The molecule has 156 valence electrons. The van der Waals surface area contributed by atoms with E-state index in [0.717, 1.165) is 11.1 Å². The van der Waals surface area contributed by atoms with Crippen LogP contribution in [0.2, 0.25) is 10.0 Å². The number of nitrogens with one attached hydrogen (secondary N) is 1. The fraction of sp³-hybridized carbons (Fsp3) is 0.217. The molecule has 0 aliphatic carbocycles. The summed E-state index contributed by atoms with van der Waals surface area (Å²) in [6.07, 6.45) is 3.51. The molecular formula is C23H22Cl2N2O3. The predicted octanol–water partition coefficient (Wildman–Crippen LogP) is 6.49. The molecule has 1 N–H and O–H groups in total. The van der Waals surface area contributed by atoms with Crippen LogP contribution in [0.5, 0.6) is 17.2 Å². The van der Waals surface area contributed by atoms with Crippen molar-refractivity contribution in [2.24, 2.45) is 0 Å². The lowest BCUT2D eigenvalue weighted by Crippen LogP contribution is -2.14. The molecule has 0 saturated heterocycles. The highest BCUT2D eigenvalue weighted by Crippen LogP contribution is 2.40. The number of hydrogen-bond acceptors (Lipinski definition) is 4. The van der Waals surface area contributed by atoms with Gasteiger partial charge in [-0.25, -0.2) is 0 Å². The molecule has 2 aromatic carbocycles. The summed E-state index contributed by atoms with van der Waals surface area (Å²) >= 11 is 12.8. The molecule has 0 spiro atoms. The maximum Gasteiger partial charge on any atom is 0.228 e. The normalized spacial score (nSPS) is 10.7. The van der Waals surface area contributed by atoms with Crippen LogP contribution in [-0.2, 0) is 11.2 Å². The quantitative estimate of drug-likeness (QED) is 0.451. The number of methoxy groups -OCH3 is 1. The van der Waals surface area contributed by atoms with Gasteiger partial charge in [0.2, 0.25) is 5.91 Å². The van der Waals surface area contributed by atoms with Gasteiger partial charge in [0.15, 0.2) is 5.75 Å². The third-order valence-electron chi connectivity index (χ3n) is 4.39. The van der Waals surface area contributed by atoms with Gasteiger partial charge in [-0.05, 0) is 47.4 Å². The fourth-order valence-corrected chi connectivity index (χ4v) is 3.41. The number of hydrogen-bond donors (Lipinski definition) is 1. The number of aromatic nitrogens is 1. The zero-order valence-electron chi connectivity index (χ0n) is 16.9. The van der Waals surface area contributed by atoms with Gasteiger partial charge in [-0.15, -0.1) is 0 Å². The first-order valence-electron chi connectivity index (χ1n) is 9.40. The van der Waals surface area contributed by atoms with E-state index in [4.69, 9.17) is 32.7 Å². The molecule has 1 amide bonds. The Hall–Kier alpha value is -2.76. The summed E-state index contributed by atoms with van der Waals surface area (Å²) in [6.45, 7) is 4.17. The van der Waals surface area contributed by atoms with Gasteiger partial charge in [0, 0.05) is 24.1 Å². The van der Waals surface area contributed by atoms with E-state index in [1.807, 2.05) is 18.2 Å². The van der Waals surface area contributed by atoms with E-state index in [1.165, 1.54) is 0 Å². The Morgan fingerprint density at radius 1 is 1.10 bits per heavy atom. The second-order valence-electron chi connectivity index (χ2n) is 7.05. The molecular weight excluding hydrogens is 423 g/mol. The predicted molar refractivity (Wildman–Crippen MR) is 120 cm³/mol. The van der Waals surface area contributed by atoms with Crippen LogP contribution in [0.4, 0.5) is 5.69 Å². The average molecular weight is 445 g/mol. The molecule has 0 atom stereocenters. The van der Waals surface area contributed by atoms with Crippen molar-refractivity contribution in [1.82, 2.24) is 4.98 Å². The zero-order chi connectivity index (χ0) is 21.7. The molecule has 0 fully saturated rings. The molecule has 0 unspecified atom stereocenters. The summed E-state index contributed by atoms with van der Waals surface area (Å²) in [5.41, 5.74) is 2.36. The highest BCUT2D eigenvalue weighted by molar-refractivity contribution is 6.37. The SMILES string of the molecule is COc1cc(Oc2c(Cl)cc(NC(=O)Cc3cccnc3)cc2Cl)cc(C(C)C)c1. The molecule has 0 aliphatic heterocycles. The molecule has 0 aliphatic rings. The number of anilines is 1. The largest absolute Gasteiger partial charge is 0.497 e. The topological polar surface area (TPSA) is 60.5 Å². The van der Waals surface area contributed by atoms with Gasteiger partial charge in [0.25, 0.3) is 0 Å². The number of amides is 1. The van der Waals surface area contributed by atoms with Crippen LogP contribution < -0.4 is 14.8 Å². The Balaban J connectivity index is 1.78. The first-order chi connectivity index (χ1) is 14.4.